The third-order valence-electron chi connectivity index (χ3n) is 5.03. The summed E-state index contributed by atoms with van der Waals surface area (Å²) in [4.78, 5) is 1.09. The lowest BCUT2D eigenvalue weighted by Gasteiger charge is -2.38. The van der Waals surface area contributed by atoms with Crippen LogP contribution in [-0.4, -0.2) is 17.8 Å². The molecule has 0 N–H and O–H groups in total. The molecule has 142 valence electrons. The highest BCUT2D eigenvalue weighted by atomic mass is 32.1. The number of hydrogen-bond acceptors (Lipinski definition) is 5. The van der Waals surface area contributed by atoms with Crippen molar-refractivity contribution in [2.75, 3.05) is 7.11 Å². The zero-order valence-corrected chi connectivity index (χ0v) is 15.7. The van der Waals surface area contributed by atoms with Gasteiger partial charge in [0.15, 0.2) is 23.1 Å². The molecule has 0 fully saturated rings. The normalized spacial score (nSPS) is 20.2. The van der Waals surface area contributed by atoms with Gasteiger partial charge in [0, 0.05) is 17.5 Å². The maximum Gasteiger partial charge on any atom is 0.214 e. The molecular formula is C21H16F2N2O2S. The zero-order valence-electron chi connectivity index (χ0n) is 14.9. The van der Waals surface area contributed by atoms with Crippen molar-refractivity contribution in [1.29, 1.82) is 0 Å². The van der Waals surface area contributed by atoms with Crippen LogP contribution in [0.5, 0.6) is 11.5 Å². The van der Waals surface area contributed by atoms with E-state index in [1.165, 1.54) is 6.07 Å². The maximum absolute atomic E-state index is 13.9. The second-order valence-corrected chi connectivity index (χ2v) is 7.59. The minimum atomic E-state index is -0.912. The number of rotatable bonds is 3. The molecule has 0 bridgehead atoms. The Balaban J connectivity index is 1.64. The van der Waals surface area contributed by atoms with Crippen molar-refractivity contribution in [3.63, 3.8) is 0 Å². The minimum absolute atomic E-state index is 0.0749. The first kappa shape index (κ1) is 17.2. The molecule has 2 aliphatic rings. The Morgan fingerprint density at radius 1 is 1.14 bits per heavy atom. The van der Waals surface area contributed by atoms with Crippen LogP contribution in [0.3, 0.4) is 0 Å². The highest BCUT2D eigenvalue weighted by Crippen LogP contribution is 2.50. The summed E-state index contributed by atoms with van der Waals surface area (Å²) in [5, 5.41) is 8.64. The van der Waals surface area contributed by atoms with Crippen molar-refractivity contribution in [3.05, 3.63) is 81.5 Å². The lowest BCUT2D eigenvalue weighted by atomic mass is 9.97. The first-order valence-electron chi connectivity index (χ1n) is 8.84. The van der Waals surface area contributed by atoms with Crippen LogP contribution < -0.4 is 9.47 Å². The fourth-order valence-electron chi connectivity index (χ4n) is 3.72. The highest BCUT2D eigenvalue weighted by Gasteiger charge is 2.42. The van der Waals surface area contributed by atoms with E-state index in [9.17, 15) is 8.78 Å². The molecule has 0 radical (unpaired) electrons. The third-order valence-corrected chi connectivity index (χ3v) is 5.95. The second-order valence-electron chi connectivity index (χ2n) is 6.65. The molecule has 0 aliphatic carbocycles. The van der Waals surface area contributed by atoms with Gasteiger partial charge in [-0.05, 0) is 29.6 Å². The average molecular weight is 398 g/mol. The molecule has 0 saturated heterocycles. The molecule has 2 atom stereocenters. The Bertz CT molecular complexity index is 1070. The molecule has 0 saturated carbocycles. The Hall–Kier alpha value is -2.93. The Kier molecular flexibility index (Phi) is 4.05. The third kappa shape index (κ3) is 2.65. The first-order valence-corrected chi connectivity index (χ1v) is 9.72. The van der Waals surface area contributed by atoms with Gasteiger partial charge in [-0.2, -0.15) is 5.10 Å². The fraction of sp³-hybridized carbons (Fsp3) is 0.190. The fourth-order valence-corrected chi connectivity index (χ4v) is 4.44. The van der Waals surface area contributed by atoms with Crippen LogP contribution in [0.15, 0.2) is 59.0 Å². The van der Waals surface area contributed by atoms with Crippen molar-refractivity contribution in [1.82, 2.24) is 5.01 Å². The van der Waals surface area contributed by atoms with Gasteiger partial charge in [-0.3, -0.25) is 0 Å². The van der Waals surface area contributed by atoms with Gasteiger partial charge in [-0.25, -0.2) is 13.8 Å². The van der Waals surface area contributed by atoms with Gasteiger partial charge in [0.1, 0.15) is 0 Å². The summed E-state index contributed by atoms with van der Waals surface area (Å²) in [5.41, 5.74) is 2.41. The van der Waals surface area contributed by atoms with Crippen molar-refractivity contribution < 1.29 is 18.3 Å². The van der Waals surface area contributed by atoms with E-state index in [0.29, 0.717) is 23.5 Å². The number of halogens is 2. The number of benzene rings is 2. The van der Waals surface area contributed by atoms with Gasteiger partial charge in [0.05, 0.1) is 23.7 Å². The molecule has 2 aromatic carbocycles. The van der Waals surface area contributed by atoms with E-state index in [1.807, 2.05) is 40.7 Å². The predicted molar refractivity (Wildman–Crippen MR) is 103 cm³/mol. The standard InChI is InChI=1S/C21H16F2N2O2S/c1-26-18-5-2-4-13-17-11-16(19-6-3-9-28-19)24-25(17)21(27-20(13)18)12-7-8-14(22)15(23)10-12/h2-10,17,21H,11H2,1H3/t17-,21+/m0/s1. The van der Waals surface area contributed by atoms with E-state index in [-0.39, 0.29) is 6.04 Å². The number of hydrazone groups is 1. The number of fused-ring (bicyclic) bond motifs is 3. The summed E-state index contributed by atoms with van der Waals surface area (Å²) in [6.07, 6.45) is 0.0193. The molecule has 0 amide bonds. The van der Waals surface area contributed by atoms with Gasteiger partial charge in [-0.1, -0.05) is 24.3 Å². The molecule has 4 nitrogen and oxygen atoms in total. The van der Waals surface area contributed by atoms with Gasteiger partial charge in [0.25, 0.3) is 0 Å². The number of hydrogen-bond donors (Lipinski definition) is 0. The van der Waals surface area contributed by atoms with Crippen LogP contribution >= 0.6 is 11.3 Å². The largest absolute Gasteiger partial charge is 0.493 e. The van der Waals surface area contributed by atoms with E-state index in [1.54, 1.807) is 18.4 Å². The number of ether oxygens (including phenoxy) is 2. The van der Waals surface area contributed by atoms with E-state index < -0.39 is 17.9 Å². The lowest BCUT2D eigenvalue weighted by molar-refractivity contribution is -0.0211. The van der Waals surface area contributed by atoms with Gasteiger partial charge >= 0.3 is 0 Å². The van der Waals surface area contributed by atoms with Crippen LogP contribution in [0.25, 0.3) is 0 Å². The molecule has 3 aromatic rings. The van der Waals surface area contributed by atoms with Gasteiger partial charge in [-0.15, -0.1) is 11.3 Å². The summed E-state index contributed by atoms with van der Waals surface area (Å²) in [7, 11) is 1.58. The quantitative estimate of drug-likeness (QED) is 0.602. The van der Waals surface area contributed by atoms with Crippen LogP contribution in [0.2, 0.25) is 0 Å². The molecule has 0 spiro atoms. The summed E-state index contributed by atoms with van der Waals surface area (Å²) in [6.45, 7) is 0. The number of nitrogens with zero attached hydrogens (tertiary/aromatic N) is 2. The average Bonchev–Trinajstić information content (AvgIpc) is 3.38. The summed E-state index contributed by atoms with van der Waals surface area (Å²) in [6, 6.07) is 13.5. The number of thiophene rings is 1. The molecule has 0 unspecified atom stereocenters. The monoisotopic (exact) mass is 398 g/mol. The smallest absolute Gasteiger partial charge is 0.214 e. The predicted octanol–water partition coefficient (Wildman–Crippen LogP) is 5.28. The van der Waals surface area contributed by atoms with Crippen LogP contribution in [0.1, 0.15) is 34.7 Å². The van der Waals surface area contributed by atoms with Crippen molar-refractivity contribution in [2.45, 2.75) is 18.7 Å². The second kappa shape index (κ2) is 6.60. The van der Waals surface area contributed by atoms with E-state index in [2.05, 4.69) is 0 Å². The highest BCUT2D eigenvalue weighted by molar-refractivity contribution is 7.12. The Labute approximate surface area is 164 Å². The molecule has 1 aromatic heterocycles. The summed E-state index contributed by atoms with van der Waals surface area (Å²) in [5.74, 6) is -0.582. The molecular weight excluding hydrogens is 382 g/mol. The van der Waals surface area contributed by atoms with Crippen LogP contribution in [0.4, 0.5) is 8.78 Å². The lowest BCUT2D eigenvalue weighted by Crippen LogP contribution is -2.34. The van der Waals surface area contributed by atoms with Crippen LogP contribution in [0, 0.1) is 11.6 Å². The molecule has 3 heterocycles. The van der Waals surface area contributed by atoms with Crippen molar-refractivity contribution >= 4 is 17.0 Å². The van der Waals surface area contributed by atoms with Gasteiger partial charge < -0.3 is 9.47 Å². The van der Waals surface area contributed by atoms with E-state index in [4.69, 9.17) is 14.6 Å². The van der Waals surface area contributed by atoms with Gasteiger partial charge in [0.2, 0.25) is 6.23 Å². The van der Waals surface area contributed by atoms with Crippen LogP contribution in [-0.2, 0) is 0 Å². The SMILES string of the molecule is COc1cccc2c1O[C@H](c1ccc(F)c(F)c1)N1N=C(c3cccs3)C[C@@H]21. The molecule has 7 heteroatoms. The summed E-state index contributed by atoms with van der Waals surface area (Å²) < 4.78 is 39.1. The first-order chi connectivity index (χ1) is 13.7. The van der Waals surface area contributed by atoms with Crippen molar-refractivity contribution in [2.24, 2.45) is 5.10 Å². The minimum Gasteiger partial charge on any atom is -0.493 e. The number of methoxy groups -OCH3 is 1. The Morgan fingerprint density at radius 2 is 2.04 bits per heavy atom. The maximum atomic E-state index is 13.9. The van der Waals surface area contributed by atoms with Crippen molar-refractivity contribution in [3.8, 4) is 11.5 Å². The number of para-hydroxylation sites is 1. The zero-order chi connectivity index (χ0) is 19.3. The molecule has 2 aliphatic heterocycles. The topological polar surface area (TPSA) is 34.1 Å². The Morgan fingerprint density at radius 3 is 2.79 bits per heavy atom. The van der Waals surface area contributed by atoms with E-state index in [0.717, 1.165) is 28.3 Å². The molecule has 5 rings (SSSR count). The molecule has 28 heavy (non-hydrogen) atoms. The summed E-state index contributed by atoms with van der Waals surface area (Å²) >= 11 is 1.62. The van der Waals surface area contributed by atoms with E-state index >= 15 is 0 Å².